The number of aryl methyl sites for hydroxylation is 2. The van der Waals surface area contributed by atoms with Crippen LogP contribution >= 0.6 is 11.6 Å². The normalized spacial score (nSPS) is 13.5. The summed E-state index contributed by atoms with van der Waals surface area (Å²) < 4.78 is 46.1. The van der Waals surface area contributed by atoms with Crippen LogP contribution in [0.5, 0.6) is 11.5 Å². The van der Waals surface area contributed by atoms with Crippen molar-refractivity contribution in [3.8, 4) is 11.5 Å². The molecule has 0 atom stereocenters. The van der Waals surface area contributed by atoms with Gasteiger partial charge in [-0.15, -0.1) is 0 Å². The van der Waals surface area contributed by atoms with Crippen LogP contribution < -0.4 is 10.1 Å². The van der Waals surface area contributed by atoms with E-state index < -0.39 is 22.7 Å². The molecule has 0 saturated heterocycles. The molecule has 4 rings (SSSR count). The average Bonchev–Trinajstić information content (AvgIpc) is 3.52. The van der Waals surface area contributed by atoms with Crippen molar-refractivity contribution >= 4 is 28.9 Å². The van der Waals surface area contributed by atoms with E-state index in [1.807, 2.05) is 0 Å². The Morgan fingerprint density at radius 3 is 2.60 bits per heavy atom. The van der Waals surface area contributed by atoms with Crippen LogP contribution in [0.1, 0.15) is 42.1 Å². The van der Waals surface area contributed by atoms with E-state index in [2.05, 4.69) is 10.4 Å². The molecule has 0 aliphatic heterocycles. The summed E-state index contributed by atoms with van der Waals surface area (Å²) in [5.74, 6) is -0.00944. The zero-order valence-corrected chi connectivity index (χ0v) is 19.2. The van der Waals surface area contributed by atoms with E-state index >= 15 is 0 Å². The number of nitro groups is 1. The lowest BCUT2D eigenvalue weighted by Gasteiger charge is -2.11. The van der Waals surface area contributed by atoms with Crippen molar-refractivity contribution in [1.82, 2.24) is 9.78 Å². The molecule has 1 N–H and O–H groups in total. The number of non-ortho nitro benzene ring substituents is 1. The maximum Gasteiger partial charge on any atom is 0.435 e. The molecule has 1 amide bonds. The fourth-order valence-electron chi connectivity index (χ4n) is 3.52. The van der Waals surface area contributed by atoms with E-state index in [0.29, 0.717) is 16.5 Å². The Hall–Kier alpha value is -3.60. The summed E-state index contributed by atoms with van der Waals surface area (Å²) in [7, 11) is 0. The van der Waals surface area contributed by atoms with Gasteiger partial charge in [-0.05, 0) is 49.6 Å². The highest BCUT2D eigenvalue weighted by Crippen LogP contribution is 2.42. The molecule has 1 aliphatic carbocycles. The molecular formula is C23H20ClF3N4O4. The summed E-state index contributed by atoms with van der Waals surface area (Å²) in [6.45, 7) is 1.72. The van der Waals surface area contributed by atoms with Crippen LogP contribution in [0.2, 0.25) is 5.02 Å². The number of benzene rings is 2. The molecule has 1 aliphatic rings. The summed E-state index contributed by atoms with van der Waals surface area (Å²) >= 11 is 6.01. The van der Waals surface area contributed by atoms with Crippen molar-refractivity contribution in [2.24, 2.45) is 0 Å². The number of ether oxygens (including phenoxy) is 1. The lowest BCUT2D eigenvalue weighted by molar-refractivity contribution is -0.384. The number of rotatable bonds is 8. The number of carbonyl (C=O) groups excluding carboxylic acids is 1. The smallest absolute Gasteiger partial charge is 0.435 e. The Bertz CT molecular complexity index is 1290. The number of halogens is 4. The minimum Gasteiger partial charge on any atom is -0.457 e. The Morgan fingerprint density at radius 2 is 1.97 bits per heavy atom. The maximum absolute atomic E-state index is 13.1. The van der Waals surface area contributed by atoms with Crippen molar-refractivity contribution in [2.75, 3.05) is 5.32 Å². The monoisotopic (exact) mass is 508 g/mol. The maximum atomic E-state index is 13.1. The van der Waals surface area contributed by atoms with Gasteiger partial charge in [0.15, 0.2) is 5.69 Å². The minimum atomic E-state index is -4.57. The van der Waals surface area contributed by atoms with Gasteiger partial charge in [-0.3, -0.25) is 19.6 Å². The largest absolute Gasteiger partial charge is 0.457 e. The van der Waals surface area contributed by atoms with Gasteiger partial charge in [0, 0.05) is 41.7 Å². The van der Waals surface area contributed by atoms with Gasteiger partial charge in [0.25, 0.3) is 5.69 Å². The molecule has 0 unspecified atom stereocenters. The number of hydrogen-bond acceptors (Lipinski definition) is 5. The van der Waals surface area contributed by atoms with Crippen molar-refractivity contribution in [3.05, 3.63) is 74.6 Å². The van der Waals surface area contributed by atoms with Gasteiger partial charge < -0.3 is 10.1 Å². The highest BCUT2D eigenvalue weighted by molar-refractivity contribution is 6.31. The summed E-state index contributed by atoms with van der Waals surface area (Å²) in [5.41, 5.74) is 0.0262. The molecule has 0 radical (unpaired) electrons. The first-order valence-electron chi connectivity index (χ1n) is 10.7. The second kappa shape index (κ2) is 9.57. The Labute approximate surface area is 202 Å². The van der Waals surface area contributed by atoms with Crippen LogP contribution in [0.4, 0.5) is 24.5 Å². The molecule has 1 fully saturated rings. The number of nitro benzene ring substituents is 1. The third kappa shape index (κ3) is 6.10. The quantitative estimate of drug-likeness (QED) is 0.277. The standard InChI is InChI=1S/C23H20ClF3N4O4/c1-13-8-17(4-5-19(13)24)35-18-10-15(9-16(11-18)31(33)34)28-22(32)6-7-30-20(14-2-3-14)12-21(29-30)23(25,26)27/h4-5,8-12,14H,2-3,6-7H2,1H3,(H,28,32). The number of nitrogens with zero attached hydrogens (tertiary/aromatic N) is 3. The second-order valence-electron chi connectivity index (χ2n) is 8.23. The zero-order valence-electron chi connectivity index (χ0n) is 18.4. The van der Waals surface area contributed by atoms with Crippen molar-refractivity contribution in [1.29, 1.82) is 0 Å². The first-order chi connectivity index (χ1) is 16.5. The van der Waals surface area contributed by atoms with Crippen LogP contribution in [0, 0.1) is 17.0 Å². The van der Waals surface area contributed by atoms with Crippen LogP contribution in [-0.2, 0) is 17.5 Å². The average molecular weight is 509 g/mol. The first-order valence-corrected chi connectivity index (χ1v) is 11.1. The fraction of sp³-hybridized carbons (Fsp3) is 0.304. The molecule has 3 aromatic rings. The summed E-state index contributed by atoms with van der Waals surface area (Å²) in [5, 5.41) is 18.1. The third-order valence-corrected chi connectivity index (χ3v) is 5.82. The van der Waals surface area contributed by atoms with Crippen LogP contribution in [0.3, 0.4) is 0 Å². The lowest BCUT2D eigenvalue weighted by atomic mass is 10.2. The molecule has 2 aromatic carbocycles. The molecule has 0 spiro atoms. The summed E-state index contributed by atoms with van der Waals surface area (Å²) in [6.07, 6.45) is -3.19. The summed E-state index contributed by atoms with van der Waals surface area (Å²) in [6, 6.07) is 9.71. The lowest BCUT2D eigenvalue weighted by Crippen LogP contribution is -2.16. The van der Waals surface area contributed by atoms with Crippen molar-refractivity contribution in [2.45, 2.75) is 44.8 Å². The van der Waals surface area contributed by atoms with Gasteiger partial charge in [0.05, 0.1) is 16.7 Å². The number of hydrogen-bond donors (Lipinski definition) is 1. The zero-order chi connectivity index (χ0) is 25.3. The molecule has 8 nitrogen and oxygen atoms in total. The van der Waals surface area contributed by atoms with Crippen LogP contribution in [0.15, 0.2) is 42.5 Å². The van der Waals surface area contributed by atoms with Gasteiger partial charge in [0.1, 0.15) is 11.5 Å². The molecule has 184 valence electrons. The Morgan fingerprint density at radius 1 is 1.23 bits per heavy atom. The second-order valence-corrected chi connectivity index (χ2v) is 8.64. The summed E-state index contributed by atoms with van der Waals surface area (Å²) in [4.78, 5) is 23.3. The molecule has 1 saturated carbocycles. The SMILES string of the molecule is Cc1cc(Oc2cc(NC(=O)CCn3nc(C(F)(F)F)cc3C3CC3)cc([N+](=O)[O-])c2)ccc1Cl. The van der Waals surface area contributed by atoms with E-state index in [1.165, 1.54) is 22.9 Å². The van der Waals surface area contributed by atoms with E-state index in [9.17, 15) is 28.1 Å². The molecule has 35 heavy (non-hydrogen) atoms. The predicted octanol–water partition coefficient (Wildman–Crippen LogP) is 6.47. The van der Waals surface area contributed by atoms with Crippen LogP contribution in [0.25, 0.3) is 0 Å². The van der Waals surface area contributed by atoms with Gasteiger partial charge in [-0.25, -0.2) is 0 Å². The number of aromatic nitrogens is 2. The topological polar surface area (TPSA) is 99.3 Å². The van der Waals surface area contributed by atoms with E-state index in [4.69, 9.17) is 16.3 Å². The molecular weight excluding hydrogens is 489 g/mol. The Kier molecular flexibility index (Phi) is 6.70. The van der Waals surface area contributed by atoms with Crippen LogP contribution in [-0.4, -0.2) is 20.6 Å². The van der Waals surface area contributed by atoms with Gasteiger partial charge in [-0.1, -0.05) is 11.6 Å². The highest BCUT2D eigenvalue weighted by Gasteiger charge is 2.37. The predicted molar refractivity (Wildman–Crippen MR) is 122 cm³/mol. The van der Waals surface area contributed by atoms with Gasteiger partial charge in [0.2, 0.25) is 5.91 Å². The van der Waals surface area contributed by atoms with Gasteiger partial charge in [-0.2, -0.15) is 18.3 Å². The highest BCUT2D eigenvalue weighted by atomic mass is 35.5. The number of alkyl halides is 3. The molecule has 1 aromatic heterocycles. The molecule has 0 bridgehead atoms. The van der Waals surface area contributed by atoms with Crippen molar-refractivity contribution in [3.63, 3.8) is 0 Å². The number of carbonyl (C=O) groups is 1. The van der Waals surface area contributed by atoms with E-state index in [0.717, 1.165) is 24.5 Å². The Balaban J connectivity index is 1.47. The third-order valence-electron chi connectivity index (χ3n) is 5.40. The molecule has 12 heteroatoms. The van der Waals surface area contributed by atoms with Gasteiger partial charge >= 0.3 is 6.18 Å². The first kappa shape index (κ1) is 24.5. The minimum absolute atomic E-state index is 0.00893. The van der Waals surface area contributed by atoms with E-state index in [1.54, 1.807) is 25.1 Å². The number of amides is 1. The van der Waals surface area contributed by atoms with Crippen molar-refractivity contribution < 1.29 is 27.6 Å². The molecule has 1 heterocycles. The number of anilines is 1. The van der Waals surface area contributed by atoms with E-state index in [-0.39, 0.29) is 36.0 Å². The number of nitrogens with one attached hydrogen (secondary N) is 1. The fourth-order valence-corrected chi connectivity index (χ4v) is 3.64.